The molecule has 0 spiro atoms. The molecule has 1 heterocycles. The minimum absolute atomic E-state index is 0.149. The number of nitrogens with zero attached hydrogens (tertiary/aromatic N) is 1. The lowest BCUT2D eigenvalue weighted by atomic mass is 10.2. The maximum atomic E-state index is 12.2. The van der Waals surface area contributed by atoms with Crippen molar-refractivity contribution in [3.63, 3.8) is 0 Å². The number of urea groups is 1. The van der Waals surface area contributed by atoms with E-state index in [1.54, 1.807) is 60.7 Å². The van der Waals surface area contributed by atoms with Crippen molar-refractivity contribution in [3.05, 3.63) is 83.8 Å². The quantitative estimate of drug-likeness (QED) is 0.346. The van der Waals surface area contributed by atoms with E-state index in [0.717, 1.165) is 5.56 Å². The second kappa shape index (κ2) is 10.4. The van der Waals surface area contributed by atoms with Crippen molar-refractivity contribution in [2.24, 2.45) is 5.10 Å². The minimum Gasteiger partial charge on any atom is -0.467 e. The number of furan rings is 1. The third-order valence-electron chi connectivity index (χ3n) is 4.02. The zero-order valence-corrected chi connectivity index (χ0v) is 16.7. The number of anilines is 2. The Morgan fingerprint density at radius 1 is 0.935 bits per heavy atom. The molecule has 0 aliphatic carbocycles. The van der Waals surface area contributed by atoms with Crippen molar-refractivity contribution in [2.75, 3.05) is 10.6 Å². The van der Waals surface area contributed by atoms with Gasteiger partial charge < -0.3 is 20.4 Å². The number of hydrogen-bond donors (Lipinski definition) is 4. The van der Waals surface area contributed by atoms with Gasteiger partial charge in [0.2, 0.25) is 5.91 Å². The molecule has 9 nitrogen and oxygen atoms in total. The van der Waals surface area contributed by atoms with E-state index in [1.165, 1.54) is 19.4 Å². The minimum atomic E-state index is -0.389. The third kappa shape index (κ3) is 6.86. The van der Waals surface area contributed by atoms with Crippen LogP contribution in [0.4, 0.5) is 16.2 Å². The topological polar surface area (TPSA) is 125 Å². The van der Waals surface area contributed by atoms with Crippen LogP contribution in [0.5, 0.6) is 0 Å². The Morgan fingerprint density at radius 3 is 2.26 bits per heavy atom. The summed E-state index contributed by atoms with van der Waals surface area (Å²) in [6, 6.07) is 16.5. The third-order valence-corrected chi connectivity index (χ3v) is 4.02. The first-order chi connectivity index (χ1) is 15.0. The number of rotatable bonds is 7. The number of benzene rings is 2. The Hall–Kier alpha value is -4.40. The molecule has 2 aromatic carbocycles. The van der Waals surface area contributed by atoms with Gasteiger partial charge in [-0.1, -0.05) is 12.1 Å². The summed E-state index contributed by atoms with van der Waals surface area (Å²) in [4.78, 5) is 35.1. The van der Waals surface area contributed by atoms with E-state index < -0.39 is 0 Å². The van der Waals surface area contributed by atoms with Gasteiger partial charge in [-0.05, 0) is 54.1 Å². The van der Waals surface area contributed by atoms with Gasteiger partial charge in [0.15, 0.2) is 0 Å². The smallest absolute Gasteiger partial charge is 0.319 e. The Kier molecular flexibility index (Phi) is 7.15. The molecule has 0 aliphatic heterocycles. The monoisotopic (exact) mass is 419 g/mol. The van der Waals surface area contributed by atoms with Gasteiger partial charge in [0.1, 0.15) is 5.76 Å². The van der Waals surface area contributed by atoms with Crippen LogP contribution in [0.3, 0.4) is 0 Å². The number of hydrogen-bond acceptors (Lipinski definition) is 5. The first-order valence-electron chi connectivity index (χ1n) is 9.38. The number of carbonyl (C=O) groups excluding carboxylic acids is 3. The molecule has 0 atom stereocenters. The average molecular weight is 419 g/mol. The van der Waals surface area contributed by atoms with Crippen molar-refractivity contribution >= 4 is 35.4 Å². The van der Waals surface area contributed by atoms with Gasteiger partial charge in [-0.2, -0.15) is 5.10 Å². The lowest BCUT2D eigenvalue weighted by molar-refractivity contribution is -0.114. The van der Waals surface area contributed by atoms with Crippen LogP contribution in [0.1, 0.15) is 28.6 Å². The summed E-state index contributed by atoms with van der Waals surface area (Å²) < 4.78 is 5.14. The Balaban J connectivity index is 1.46. The van der Waals surface area contributed by atoms with Gasteiger partial charge in [0.25, 0.3) is 5.91 Å². The number of hydrazone groups is 1. The van der Waals surface area contributed by atoms with Crippen molar-refractivity contribution in [2.45, 2.75) is 13.5 Å². The number of carbonyl (C=O) groups is 3. The van der Waals surface area contributed by atoms with E-state index in [0.29, 0.717) is 22.7 Å². The van der Waals surface area contributed by atoms with Crippen molar-refractivity contribution < 1.29 is 18.8 Å². The first kappa shape index (κ1) is 21.3. The summed E-state index contributed by atoms with van der Waals surface area (Å²) in [6.45, 7) is 1.71. The molecule has 0 fully saturated rings. The van der Waals surface area contributed by atoms with Crippen LogP contribution in [0.15, 0.2) is 76.4 Å². The van der Waals surface area contributed by atoms with Crippen molar-refractivity contribution in [1.82, 2.24) is 10.7 Å². The summed E-state index contributed by atoms with van der Waals surface area (Å²) in [5, 5.41) is 11.9. The molecule has 0 bridgehead atoms. The van der Waals surface area contributed by atoms with Crippen molar-refractivity contribution in [3.8, 4) is 0 Å². The van der Waals surface area contributed by atoms with Gasteiger partial charge in [-0.25, -0.2) is 10.2 Å². The maximum absolute atomic E-state index is 12.2. The van der Waals surface area contributed by atoms with E-state index in [1.807, 2.05) is 0 Å². The Labute approximate surface area is 178 Å². The second-order valence-electron chi connectivity index (χ2n) is 6.47. The Bertz CT molecular complexity index is 1060. The largest absolute Gasteiger partial charge is 0.467 e. The highest BCUT2D eigenvalue weighted by atomic mass is 16.3. The van der Waals surface area contributed by atoms with Crippen LogP contribution < -0.4 is 21.4 Å². The first-order valence-corrected chi connectivity index (χ1v) is 9.38. The van der Waals surface area contributed by atoms with Gasteiger partial charge in [0, 0.05) is 23.9 Å². The SMILES string of the molecule is CC(=O)Nc1ccc(/C=N\NC(=O)c2ccc(NC(=O)NCc3ccco3)cc2)cc1. The highest BCUT2D eigenvalue weighted by Gasteiger charge is 2.06. The highest BCUT2D eigenvalue weighted by Crippen LogP contribution is 2.10. The zero-order valence-electron chi connectivity index (χ0n) is 16.7. The molecule has 0 radical (unpaired) electrons. The van der Waals surface area contributed by atoms with Crippen molar-refractivity contribution in [1.29, 1.82) is 0 Å². The molecule has 31 heavy (non-hydrogen) atoms. The van der Waals surface area contributed by atoms with E-state index in [-0.39, 0.29) is 24.4 Å². The summed E-state index contributed by atoms with van der Waals surface area (Å²) in [7, 11) is 0. The normalized spacial score (nSPS) is 10.5. The second-order valence-corrected chi connectivity index (χ2v) is 6.47. The summed E-state index contributed by atoms with van der Waals surface area (Å²) in [6.07, 6.45) is 3.03. The van der Waals surface area contributed by atoms with Crippen LogP contribution in [0.2, 0.25) is 0 Å². The fourth-order valence-electron chi connectivity index (χ4n) is 2.55. The van der Waals surface area contributed by atoms with Crippen LogP contribution >= 0.6 is 0 Å². The van der Waals surface area contributed by atoms with Crippen LogP contribution in [0, 0.1) is 0 Å². The predicted molar refractivity (Wildman–Crippen MR) is 117 cm³/mol. The lowest BCUT2D eigenvalue weighted by Gasteiger charge is -2.07. The molecule has 0 unspecified atom stereocenters. The predicted octanol–water partition coefficient (Wildman–Crippen LogP) is 3.32. The maximum Gasteiger partial charge on any atom is 0.319 e. The molecule has 0 saturated carbocycles. The lowest BCUT2D eigenvalue weighted by Crippen LogP contribution is -2.28. The van der Waals surface area contributed by atoms with E-state index in [9.17, 15) is 14.4 Å². The van der Waals surface area contributed by atoms with Crippen LogP contribution in [0.25, 0.3) is 0 Å². The average Bonchev–Trinajstić information content (AvgIpc) is 3.27. The Morgan fingerprint density at radius 2 is 1.61 bits per heavy atom. The fraction of sp³-hybridized carbons (Fsp3) is 0.0909. The summed E-state index contributed by atoms with van der Waals surface area (Å²) >= 11 is 0. The fourth-order valence-corrected chi connectivity index (χ4v) is 2.55. The molecule has 3 aromatic rings. The van der Waals surface area contributed by atoms with E-state index >= 15 is 0 Å². The van der Waals surface area contributed by atoms with E-state index in [2.05, 4.69) is 26.5 Å². The molecule has 158 valence electrons. The van der Waals surface area contributed by atoms with E-state index in [4.69, 9.17) is 4.42 Å². The van der Waals surface area contributed by atoms with Gasteiger partial charge in [-0.15, -0.1) is 0 Å². The number of amides is 4. The molecular weight excluding hydrogens is 398 g/mol. The molecule has 0 aliphatic rings. The zero-order chi connectivity index (χ0) is 22.1. The highest BCUT2D eigenvalue weighted by molar-refractivity contribution is 5.96. The van der Waals surface area contributed by atoms with Gasteiger partial charge >= 0.3 is 6.03 Å². The summed E-state index contributed by atoms with van der Waals surface area (Å²) in [5.74, 6) is 0.107. The van der Waals surface area contributed by atoms with Crippen LogP contribution in [-0.4, -0.2) is 24.1 Å². The van der Waals surface area contributed by atoms with Gasteiger partial charge in [0.05, 0.1) is 19.0 Å². The summed E-state index contributed by atoms with van der Waals surface area (Å²) in [5.41, 5.74) is 4.80. The molecule has 3 rings (SSSR count). The van der Waals surface area contributed by atoms with Gasteiger partial charge in [-0.3, -0.25) is 9.59 Å². The molecule has 4 amide bonds. The molecular formula is C22H21N5O4. The molecule has 1 aromatic heterocycles. The molecule has 0 saturated heterocycles. The number of nitrogens with one attached hydrogen (secondary N) is 4. The molecule has 4 N–H and O–H groups in total. The standard InChI is InChI=1S/C22H21N5O4/c1-15(28)25-18-8-4-16(5-9-18)13-24-27-21(29)17-6-10-19(11-7-17)26-22(30)23-14-20-3-2-12-31-20/h2-13H,14H2,1H3,(H,25,28)(H,27,29)(H2,23,26,30)/b24-13-. The van der Waals surface area contributed by atoms with Crippen LogP contribution in [-0.2, 0) is 11.3 Å². The molecule has 9 heteroatoms.